The van der Waals surface area contributed by atoms with Crippen LogP contribution in [-0.4, -0.2) is 33.2 Å². The molecule has 1 aliphatic carbocycles. The number of nitrogens with one attached hydrogen (secondary N) is 1. The molecule has 0 bridgehead atoms. The molecule has 0 unspecified atom stereocenters. The Bertz CT molecular complexity index is 929. The van der Waals surface area contributed by atoms with E-state index in [0.717, 1.165) is 17.3 Å². The van der Waals surface area contributed by atoms with Crippen LogP contribution in [0.15, 0.2) is 58.0 Å². The molecule has 2 fully saturated rings. The van der Waals surface area contributed by atoms with Crippen LogP contribution in [0, 0.1) is 5.82 Å². The van der Waals surface area contributed by atoms with Crippen LogP contribution < -0.4 is 5.32 Å². The van der Waals surface area contributed by atoms with Gasteiger partial charge in [0, 0.05) is 22.6 Å². The minimum Gasteiger partial charge on any atom is -0.326 e. The lowest BCUT2D eigenvalue weighted by Crippen LogP contribution is -2.35. The Kier molecular flexibility index (Phi) is 5.50. The molecule has 5 nitrogen and oxygen atoms in total. The van der Waals surface area contributed by atoms with Gasteiger partial charge in [0.05, 0.1) is 5.69 Å². The number of benzene rings is 2. The molecule has 0 aromatic heterocycles. The van der Waals surface area contributed by atoms with Gasteiger partial charge in [0.2, 0.25) is 11.8 Å². The molecule has 2 aromatic rings. The van der Waals surface area contributed by atoms with Crippen molar-refractivity contribution >= 4 is 56.0 Å². The number of amidine groups is 1. The summed E-state index contributed by atoms with van der Waals surface area (Å²) in [5.41, 5.74) is 1.27. The number of carbonyl (C=O) groups is 2. The number of anilines is 1. The fraction of sp³-hybridized carbons (Fsp3) is 0.250. The summed E-state index contributed by atoms with van der Waals surface area (Å²) in [6, 6.07) is 13.3. The Balaban J connectivity index is 1.47. The Labute approximate surface area is 174 Å². The van der Waals surface area contributed by atoms with Gasteiger partial charge < -0.3 is 5.32 Å². The fourth-order valence-corrected chi connectivity index (χ4v) is 4.38. The van der Waals surface area contributed by atoms with Crippen molar-refractivity contribution in [2.24, 2.45) is 4.99 Å². The highest BCUT2D eigenvalue weighted by molar-refractivity contribution is 9.10. The summed E-state index contributed by atoms with van der Waals surface area (Å²) >= 11 is 4.65. The fourth-order valence-electron chi connectivity index (χ4n) is 2.90. The SMILES string of the molecule is O=C(C[C@@H]1SC(=Nc2ccc(F)cc2)N(C2CC2)C1=O)Nc1ccc(Br)cc1. The van der Waals surface area contributed by atoms with Gasteiger partial charge in [0.15, 0.2) is 5.17 Å². The van der Waals surface area contributed by atoms with E-state index in [1.165, 1.54) is 23.9 Å². The Morgan fingerprint density at radius 3 is 2.50 bits per heavy atom. The highest BCUT2D eigenvalue weighted by Gasteiger charge is 2.46. The smallest absolute Gasteiger partial charge is 0.242 e. The number of hydrogen-bond donors (Lipinski definition) is 1. The summed E-state index contributed by atoms with van der Waals surface area (Å²) in [6.45, 7) is 0. The van der Waals surface area contributed by atoms with Crippen molar-refractivity contribution in [3.63, 3.8) is 0 Å². The van der Waals surface area contributed by atoms with Crippen molar-refractivity contribution in [3.8, 4) is 0 Å². The summed E-state index contributed by atoms with van der Waals surface area (Å²) in [4.78, 5) is 31.5. The second-order valence-corrected chi connectivity index (χ2v) is 8.76. The average Bonchev–Trinajstić information content (AvgIpc) is 3.45. The van der Waals surface area contributed by atoms with Crippen LogP contribution >= 0.6 is 27.7 Å². The molecular weight excluding hydrogens is 445 g/mol. The second kappa shape index (κ2) is 8.05. The van der Waals surface area contributed by atoms with E-state index >= 15 is 0 Å². The summed E-state index contributed by atoms with van der Waals surface area (Å²) in [5, 5.41) is 2.90. The van der Waals surface area contributed by atoms with E-state index in [0.29, 0.717) is 16.5 Å². The zero-order valence-electron chi connectivity index (χ0n) is 14.8. The summed E-state index contributed by atoms with van der Waals surface area (Å²) in [7, 11) is 0. The Morgan fingerprint density at radius 1 is 1.18 bits per heavy atom. The third-order valence-electron chi connectivity index (χ3n) is 4.43. The van der Waals surface area contributed by atoms with Gasteiger partial charge in [0.1, 0.15) is 11.1 Å². The van der Waals surface area contributed by atoms with Gasteiger partial charge in [-0.2, -0.15) is 0 Å². The van der Waals surface area contributed by atoms with E-state index in [9.17, 15) is 14.0 Å². The molecular formula is C20H17BrFN3O2S. The number of carbonyl (C=O) groups excluding carboxylic acids is 2. The zero-order chi connectivity index (χ0) is 19.7. The molecule has 2 aliphatic rings. The molecule has 8 heteroatoms. The molecule has 28 heavy (non-hydrogen) atoms. The first-order valence-electron chi connectivity index (χ1n) is 8.89. The molecule has 1 atom stereocenters. The molecule has 2 aromatic carbocycles. The van der Waals surface area contributed by atoms with Crippen molar-refractivity contribution in [2.75, 3.05) is 5.32 Å². The number of rotatable bonds is 5. The minimum absolute atomic E-state index is 0.0746. The lowest BCUT2D eigenvalue weighted by molar-refractivity contribution is -0.128. The molecule has 2 amide bonds. The van der Waals surface area contributed by atoms with E-state index in [2.05, 4.69) is 26.2 Å². The largest absolute Gasteiger partial charge is 0.326 e. The van der Waals surface area contributed by atoms with Crippen LogP contribution in [0.5, 0.6) is 0 Å². The Morgan fingerprint density at radius 2 is 1.86 bits per heavy atom. The molecule has 1 N–H and O–H groups in total. The molecule has 1 aliphatic heterocycles. The van der Waals surface area contributed by atoms with E-state index < -0.39 is 5.25 Å². The van der Waals surface area contributed by atoms with Crippen LogP contribution in [-0.2, 0) is 9.59 Å². The number of hydrogen-bond acceptors (Lipinski definition) is 4. The zero-order valence-corrected chi connectivity index (χ0v) is 17.2. The lowest BCUT2D eigenvalue weighted by Gasteiger charge is -2.15. The first-order chi connectivity index (χ1) is 13.5. The van der Waals surface area contributed by atoms with E-state index in [1.54, 1.807) is 29.2 Å². The Hall–Kier alpha value is -2.19. The van der Waals surface area contributed by atoms with Crippen molar-refractivity contribution in [2.45, 2.75) is 30.6 Å². The molecule has 0 spiro atoms. The van der Waals surface area contributed by atoms with Crippen LogP contribution in [0.2, 0.25) is 0 Å². The van der Waals surface area contributed by atoms with Gasteiger partial charge in [-0.05, 0) is 61.4 Å². The molecule has 1 saturated heterocycles. The minimum atomic E-state index is -0.504. The maximum absolute atomic E-state index is 13.1. The van der Waals surface area contributed by atoms with Crippen LogP contribution in [0.3, 0.4) is 0 Å². The summed E-state index contributed by atoms with van der Waals surface area (Å²) in [6.07, 6.45) is 1.95. The monoisotopic (exact) mass is 461 g/mol. The third kappa shape index (κ3) is 4.44. The topological polar surface area (TPSA) is 61.8 Å². The summed E-state index contributed by atoms with van der Waals surface area (Å²) in [5.74, 6) is -0.632. The van der Waals surface area contributed by atoms with Crippen molar-refractivity contribution in [3.05, 3.63) is 58.8 Å². The van der Waals surface area contributed by atoms with Gasteiger partial charge in [-0.25, -0.2) is 9.38 Å². The quantitative estimate of drug-likeness (QED) is 0.700. The molecule has 1 heterocycles. The van der Waals surface area contributed by atoms with Gasteiger partial charge in [-0.1, -0.05) is 27.7 Å². The average molecular weight is 462 g/mol. The normalized spacial score (nSPS) is 20.6. The van der Waals surface area contributed by atoms with E-state index in [1.807, 2.05) is 12.1 Å². The second-order valence-electron chi connectivity index (χ2n) is 6.68. The predicted octanol–water partition coefficient (Wildman–Crippen LogP) is 4.71. The van der Waals surface area contributed by atoms with Crippen LogP contribution in [0.4, 0.5) is 15.8 Å². The van der Waals surface area contributed by atoms with E-state index in [-0.39, 0.29) is 30.1 Å². The first kappa shape index (κ1) is 19.1. The molecule has 1 saturated carbocycles. The number of amides is 2. The number of thioether (sulfide) groups is 1. The number of nitrogens with zero attached hydrogens (tertiary/aromatic N) is 2. The molecule has 4 rings (SSSR count). The van der Waals surface area contributed by atoms with Gasteiger partial charge in [0.25, 0.3) is 0 Å². The van der Waals surface area contributed by atoms with Crippen molar-refractivity contribution in [1.82, 2.24) is 4.90 Å². The molecule has 0 radical (unpaired) electrons. The van der Waals surface area contributed by atoms with Crippen molar-refractivity contribution < 1.29 is 14.0 Å². The standard InChI is InChI=1S/C20H17BrFN3O2S/c21-12-1-5-14(6-2-12)23-18(26)11-17-19(27)25(16-9-10-16)20(28-17)24-15-7-3-13(22)4-8-15/h1-8,16-17H,9-11H2,(H,23,26)/t17-/m0/s1. The van der Waals surface area contributed by atoms with Crippen molar-refractivity contribution in [1.29, 1.82) is 0 Å². The van der Waals surface area contributed by atoms with Crippen LogP contribution in [0.1, 0.15) is 19.3 Å². The number of aliphatic imine (C=N–C) groups is 1. The molecule has 144 valence electrons. The lowest BCUT2D eigenvalue weighted by atomic mass is 10.2. The highest BCUT2D eigenvalue weighted by atomic mass is 79.9. The van der Waals surface area contributed by atoms with Gasteiger partial charge in [-0.3, -0.25) is 14.5 Å². The third-order valence-corrected chi connectivity index (χ3v) is 6.11. The van der Waals surface area contributed by atoms with Gasteiger partial charge in [-0.15, -0.1) is 0 Å². The van der Waals surface area contributed by atoms with E-state index in [4.69, 9.17) is 0 Å². The maximum atomic E-state index is 13.1. The summed E-state index contributed by atoms with van der Waals surface area (Å²) < 4.78 is 14.0. The first-order valence-corrected chi connectivity index (χ1v) is 10.6. The highest BCUT2D eigenvalue weighted by Crippen LogP contribution is 2.39. The maximum Gasteiger partial charge on any atom is 0.242 e. The predicted molar refractivity (Wildman–Crippen MR) is 112 cm³/mol. The van der Waals surface area contributed by atoms with Gasteiger partial charge >= 0.3 is 0 Å². The van der Waals surface area contributed by atoms with Crippen LogP contribution in [0.25, 0.3) is 0 Å². The number of halogens is 2.